The Morgan fingerprint density at radius 2 is 1.50 bits per heavy atom. The molecule has 0 unspecified atom stereocenters. The lowest BCUT2D eigenvalue weighted by Gasteiger charge is -2.22. The van der Waals surface area contributed by atoms with Crippen LogP contribution < -0.4 is 5.73 Å². The number of hydrogen-bond donors (Lipinski definition) is 1. The van der Waals surface area contributed by atoms with Crippen LogP contribution in [0.15, 0.2) is 0 Å². The van der Waals surface area contributed by atoms with Gasteiger partial charge in [0.1, 0.15) is 0 Å². The molecule has 0 fully saturated rings. The van der Waals surface area contributed by atoms with Gasteiger partial charge in [0.05, 0.1) is 18.1 Å². The minimum Gasteiger partial charge on any atom is -0.463 e. The van der Waals surface area contributed by atoms with Gasteiger partial charge < -0.3 is 10.5 Å². The Balaban J connectivity index is 4.64. The molecule has 0 spiro atoms. The molecule has 0 aliphatic heterocycles. The van der Waals surface area contributed by atoms with E-state index in [0.717, 1.165) is 0 Å². The summed E-state index contributed by atoms with van der Waals surface area (Å²) in [5.41, 5.74) is 5.81. The summed E-state index contributed by atoms with van der Waals surface area (Å²) in [6, 6.07) is -0.502. The second-order valence-corrected chi connectivity index (χ2v) is 5.78. The van der Waals surface area contributed by atoms with Gasteiger partial charge in [-0.25, -0.2) is 0 Å². The average molecular weight is 257 g/mol. The first-order valence-electron chi connectivity index (χ1n) is 6.65. The Hall–Kier alpha value is -0.900. The molecule has 0 aromatic carbocycles. The fraction of sp³-hybridized carbons (Fsp3) is 0.857. The maximum Gasteiger partial charge on any atom is 0.309 e. The van der Waals surface area contributed by atoms with E-state index in [0.29, 0.717) is 0 Å². The third kappa shape index (κ3) is 5.63. The average Bonchev–Trinajstić information content (AvgIpc) is 2.22. The van der Waals surface area contributed by atoms with Crippen LogP contribution in [0.25, 0.3) is 0 Å². The molecule has 2 atom stereocenters. The summed E-state index contributed by atoms with van der Waals surface area (Å²) in [6.07, 6.45) is 0.00961. The third-order valence-electron chi connectivity index (χ3n) is 2.97. The van der Waals surface area contributed by atoms with Gasteiger partial charge >= 0.3 is 5.97 Å². The van der Waals surface area contributed by atoms with Gasteiger partial charge in [-0.15, -0.1) is 0 Å². The van der Waals surface area contributed by atoms with Crippen molar-refractivity contribution in [2.45, 2.75) is 60.1 Å². The summed E-state index contributed by atoms with van der Waals surface area (Å²) in [4.78, 5) is 23.9. The van der Waals surface area contributed by atoms with E-state index < -0.39 is 12.0 Å². The van der Waals surface area contributed by atoms with Crippen molar-refractivity contribution in [3.05, 3.63) is 0 Å². The number of ether oxygens (including phenoxy) is 1. The molecule has 4 heteroatoms. The van der Waals surface area contributed by atoms with E-state index in [4.69, 9.17) is 10.5 Å². The minimum absolute atomic E-state index is 0.0654. The molecule has 0 aromatic heterocycles. The van der Waals surface area contributed by atoms with Gasteiger partial charge in [0.25, 0.3) is 0 Å². The van der Waals surface area contributed by atoms with E-state index in [1.807, 2.05) is 27.7 Å². The van der Waals surface area contributed by atoms with Gasteiger partial charge in [0, 0.05) is 6.42 Å². The van der Waals surface area contributed by atoms with Crippen molar-refractivity contribution < 1.29 is 14.3 Å². The van der Waals surface area contributed by atoms with Crippen molar-refractivity contribution in [2.75, 3.05) is 0 Å². The monoisotopic (exact) mass is 257 g/mol. The molecule has 0 aliphatic rings. The standard InChI is InChI=1S/C14H27NO3/c1-8(2)11(14(17)18-10(5)6)7-12(16)13(15)9(3)4/h8-11,13H,7,15H2,1-6H3/t11-,13-/m0/s1. The molecule has 2 N–H and O–H groups in total. The Morgan fingerprint density at radius 1 is 1.00 bits per heavy atom. The van der Waals surface area contributed by atoms with Crippen molar-refractivity contribution in [3.8, 4) is 0 Å². The minimum atomic E-state index is -0.502. The number of carbonyl (C=O) groups excluding carboxylic acids is 2. The fourth-order valence-corrected chi connectivity index (χ4v) is 1.64. The molecule has 0 saturated carbocycles. The van der Waals surface area contributed by atoms with E-state index >= 15 is 0 Å². The Bertz CT molecular complexity index is 285. The topological polar surface area (TPSA) is 69.4 Å². The molecular weight excluding hydrogens is 230 g/mol. The van der Waals surface area contributed by atoms with E-state index in [9.17, 15) is 9.59 Å². The van der Waals surface area contributed by atoms with E-state index in [2.05, 4.69) is 0 Å². The van der Waals surface area contributed by atoms with Crippen molar-refractivity contribution >= 4 is 11.8 Å². The van der Waals surface area contributed by atoms with Gasteiger partial charge in [-0.05, 0) is 25.7 Å². The van der Waals surface area contributed by atoms with Crippen LogP contribution in [0.3, 0.4) is 0 Å². The van der Waals surface area contributed by atoms with Crippen LogP contribution in [0.4, 0.5) is 0 Å². The van der Waals surface area contributed by atoms with Crippen LogP contribution in [0.2, 0.25) is 0 Å². The highest BCUT2D eigenvalue weighted by Gasteiger charge is 2.29. The normalized spacial score (nSPS) is 15.0. The van der Waals surface area contributed by atoms with Gasteiger partial charge in [0.15, 0.2) is 5.78 Å². The molecule has 0 heterocycles. The first-order valence-corrected chi connectivity index (χ1v) is 6.65. The molecule has 0 rings (SSSR count). The van der Waals surface area contributed by atoms with E-state index in [1.54, 1.807) is 13.8 Å². The summed E-state index contributed by atoms with van der Waals surface area (Å²) in [6.45, 7) is 11.2. The summed E-state index contributed by atoms with van der Waals surface area (Å²) in [7, 11) is 0. The maximum atomic E-state index is 12.0. The second-order valence-electron chi connectivity index (χ2n) is 5.78. The Kier molecular flexibility index (Phi) is 7.14. The molecule has 18 heavy (non-hydrogen) atoms. The Labute approximate surface area is 110 Å². The third-order valence-corrected chi connectivity index (χ3v) is 2.97. The van der Waals surface area contributed by atoms with Crippen LogP contribution in [-0.2, 0) is 14.3 Å². The highest BCUT2D eigenvalue weighted by atomic mass is 16.5. The summed E-state index contributed by atoms with van der Waals surface area (Å²) < 4.78 is 5.18. The van der Waals surface area contributed by atoms with Crippen molar-refractivity contribution in [3.63, 3.8) is 0 Å². The number of nitrogens with two attached hydrogens (primary N) is 1. The number of esters is 1. The van der Waals surface area contributed by atoms with Crippen molar-refractivity contribution in [1.82, 2.24) is 0 Å². The van der Waals surface area contributed by atoms with Gasteiger partial charge in [-0.2, -0.15) is 0 Å². The predicted octanol–water partition coefficient (Wildman–Crippen LogP) is 2.15. The summed E-state index contributed by atoms with van der Waals surface area (Å²) in [5, 5.41) is 0. The maximum absolute atomic E-state index is 12.0. The lowest BCUT2D eigenvalue weighted by Crippen LogP contribution is -2.39. The van der Waals surface area contributed by atoms with E-state index in [-0.39, 0.29) is 36.1 Å². The molecule has 4 nitrogen and oxygen atoms in total. The first-order chi connectivity index (χ1) is 8.16. The number of hydrogen-bond acceptors (Lipinski definition) is 4. The number of ketones is 1. The Morgan fingerprint density at radius 3 is 1.83 bits per heavy atom. The van der Waals surface area contributed by atoms with Gasteiger partial charge in [-0.1, -0.05) is 27.7 Å². The quantitative estimate of drug-likeness (QED) is 0.709. The van der Waals surface area contributed by atoms with E-state index in [1.165, 1.54) is 0 Å². The largest absolute Gasteiger partial charge is 0.463 e. The SMILES string of the molecule is CC(C)OC(=O)[C@@H](CC(=O)[C@@H](N)C(C)C)C(C)C. The number of Topliss-reactive ketones (excluding diaryl/α,β-unsaturated/α-hetero) is 1. The number of carbonyl (C=O) groups is 2. The van der Waals surface area contributed by atoms with Crippen LogP contribution in [0.5, 0.6) is 0 Å². The molecule has 0 radical (unpaired) electrons. The predicted molar refractivity (Wildman–Crippen MR) is 72.0 cm³/mol. The molecule has 0 aliphatic carbocycles. The lowest BCUT2D eigenvalue weighted by molar-refractivity contribution is -0.155. The zero-order valence-electron chi connectivity index (χ0n) is 12.4. The fourth-order valence-electron chi connectivity index (χ4n) is 1.64. The smallest absolute Gasteiger partial charge is 0.309 e. The van der Waals surface area contributed by atoms with Crippen LogP contribution in [0.1, 0.15) is 48.0 Å². The molecule has 0 amide bonds. The van der Waals surface area contributed by atoms with Crippen molar-refractivity contribution in [2.24, 2.45) is 23.5 Å². The number of rotatable bonds is 7. The first kappa shape index (κ1) is 17.1. The summed E-state index contributed by atoms with van der Waals surface area (Å²) in [5.74, 6) is -0.607. The van der Waals surface area contributed by atoms with Crippen LogP contribution in [0, 0.1) is 17.8 Å². The molecule has 0 aromatic rings. The molecule has 0 bridgehead atoms. The van der Waals surface area contributed by atoms with Crippen molar-refractivity contribution in [1.29, 1.82) is 0 Å². The van der Waals surface area contributed by atoms with Gasteiger partial charge in [0.2, 0.25) is 0 Å². The highest BCUT2D eigenvalue weighted by molar-refractivity contribution is 5.88. The van der Waals surface area contributed by atoms with Gasteiger partial charge in [-0.3, -0.25) is 9.59 Å². The summed E-state index contributed by atoms with van der Waals surface area (Å²) >= 11 is 0. The highest BCUT2D eigenvalue weighted by Crippen LogP contribution is 2.20. The molecule has 0 saturated heterocycles. The van der Waals surface area contributed by atoms with Crippen LogP contribution >= 0.6 is 0 Å². The van der Waals surface area contributed by atoms with Crippen LogP contribution in [-0.4, -0.2) is 23.9 Å². The zero-order valence-corrected chi connectivity index (χ0v) is 12.4. The molecular formula is C14H27NO3. The second kappa shape index (κ2) is 7.52. The lowest BCUT2D eigenvalue weighted by atomic mass is 9.87. The zero-order chi connectivity index (χ0) is 14.5. The molecule has 106 valence electrons.